The Labute approximate surface area is 120 Å². The van der Waals surface area contributed by atoms with Gasteiger partial charge in [-0.15, -0.1) is 0 Å². The molecule has 0 atom stereocenters. The van der Waals surface area contributed by atoms with Crippen LogP contribution in [-0.2, 0) is 13.0 Å². The zero-order valence-corrected chi connectivity index (χ0v) is 11.6. The van der Waals surface area contributed by atoms with E-state index in [4.69, 9.17) is 0 Å². The van der Waals surface area contributed by atoms with Gasteiger partial charge in [-0.1, -0.05) is 6.07 Å². The number of hydrogen-bond acceptors (Lipinski definition) is 3. The highest BCUT2D eigenvalue weighted by atomic mass is 19.1. The lowest BCUT2D eigenvalue weighted by molar-refractivity contribution is 0.0758. The molecule has 7 heteroatoms. The van der Waals surface area contributed by atoms with Crippen molar-refractivity contribution in [3.63, 3.8) is 0 Å². The van der Waals surface area contributed by atoms with Crippen LogP contribution in [0.2, 0.25) is 0 Å². The van der Waals surface area contributed by atoms with E-state index in [2.05, 4.69) is 10.2 Å². The molecule has 0 saturated heterocycles. The van der Waals surface area contributed by atoms with Gasteiger partial charge in [0.1, 0.15) is 11.6 Å². The Morgan fingerprint density at radius 3 is 2.90 bits per heavy atom. The van der Waals surface area contributed by atoms with Crippen molar-refractivity contribution in [1.29, 1.82) is 0 Å². The summed E-state index contributed by atoms with van der Waals surface area (Å²) in [6, 6.07) is 4.47. The molecule has 21 heavy (non-hydrogen) atoms. The first-order chi connectivity index (χ1) is 10.1. The van der Waals surface area contributed by atoms with Crippen LogP contribution < -0.4 is 5.69 Å². The van der Waals surface area contributed by atoms with Crippen molar-refractivity contribution in [2.75, 3.05) is 13.1 Å². The zero-order chi connectivity index (χ0) is 15.0. The van der Waals surface area contributed by atoms with Gasteiger partial charge in [0.05, 0.1) is 0 Å². The monoisotopic (exact) mass is 290 g/mol. The fourth-order valence-corrected chi connectivity index (χ4v) is 2.45. The molecule has 1 aliphatic heterocycles. The average Bonchev–Trinajstić information content (AvgIpc) is 2.71. The van der Waals surface area contributed by atoms with E-state index in [0.717, 1.165) is 0 Å². The topological polar surface area (TPSA) is 71.0 Å². The van der Waals surface area contributed by atoms with Gasteiger partial charge >= 0.3 is 5.69 Å². The molecule has 0 spiro atoms. The average molecular weight is 290 g/mol. The van der Waals surface area contributed by atoms with Crippen molar-refractivity contribution in [3.8, 4) is 0 Å². The highest BCUT2D eigenvalue weighted by Crippen LogP contribution is 2.13. The molecule has 0 unspecified atom stereocenters. The summed E-state index contributed by atoms with van der Waals surface area (Å²) >= 11 is 0. The number of aryl methyl sites for hydroxylation is 1. The van der Waals surface area contributed by atoms with E-state index in [-0.39, 0.29) is 17.4 Å². The summed E-state index contributed by atoms with van der Waals surface area (Å²) in [5.41, 5.74) is 0.571. The van der Waals surface area contributed by atoms with Crippen molar-refractivity contribution in [2.24, 2.45) is 0 Å². The molecule has 0 aliphatic carbocycles. The molecule has 1 amide bonds. The molecular weight excluding hydrogens is 275 g/mol. The van der Waals surface area contributed by atoms with Crippen LogP contribution in [0.5, 0.6) is 0 Å². The van der Waals surface area contributed by atoms with E-state index in [1.165, 1.54) is 10.6 Å². The number of fused-ring (bicyclic) bond motifs is 1. The van der Waals surface area contributed by atoms with Crippen molar-refractivity contribution < 1.29 is 9.18 Å². The fraction of sp³-hybridized carbons (Fsp3) is 0.357. The molecule has 1 aliphatic rings. The number of aromatic nitrogens is 3. The molecule has 2 aromatic rings. The number of carbonyl (C=O) groups is 1. The molecular formula is C14H15FN4O2. The lowest BCUT2D eigenvalue weighted by Gasteiger charge is -2.20. The predicted molar refractivity (Wildman–Crippen MR) is 73.6 cm³/mol. The van der Waals surface area contributed by atoms with Crippen LogP contribution in [0.4, 0.5) is 4.39 Å². The Balaban J connectivity index is 1.80. The molecule has 0 saturated carbocycles. The number of H-pyrrole nitrogens is 1. The van der Waals surface area contributed by atoms with Crippen LogP contribution in [0.3, 0.4) is 0 Å². The fourth-order valence-electron chi connectivity index (χ4n) is 2.45. The first-order valence-corrected chi connectivity index (χ1v) is 6.76. The second kappa shape index (κ2) is 5.16. The normalized spacial score (nSPS) is 14.7. The number of rotatable bonds is 1. The zero-order valence-electron chi connectivity index (χ0n) is 11.6. The summed E-state index contributed by atoms with van der Waals surface area (Å²) in [6.07, 6.45) is 0.499. The summed E-state index contributed by atoms with van der Waals surface area (Å²) in [7, 11) is 0. The summed E-state index contributed by atoms with van der Waals surface area (Å²) < 4.78 is 15.1. The maximum atomic E-state index is 13.6. The molecule has 6 nitrogen and oxygen atoms in total. The summed E-state index contributed by atoms with van der Waals surface area (Å²) in [5, 5.41) is 6.34. The highest BCUT2D eigenvalue weighted by Gasteiger charge is 2.22. The van der Waals surface area contributed by atoms with Gasteiger partial charge in [0.2, 0.25) is 0 Å². The van der Waals surface area contributed by atoms with Gasteiger partial charge in [-0.2, -0.15) is 5.10 Å². The van der Waals surface area contributed by atoms with E-state index in [1.54, 1.807) is 24.0 Å². The molecule has 0 fully saturated rings. The number of aromatic amines is 1. The number of hydrogen-bond donors (Lipinski definition) is 1. The summed E-state index contributed by atoms with van der Waals surface area (Å²) in [4.78, 5) is 25.6. The summed E-state index contributed by atoms with van der Waals surface area (Å²) in [5.74, 6) is 0.0292. The largest absolute Gasteiger partial charge is 0.343 e. The smallest absolute Gasteiger partial charge is 0.336 e. The van der Waals surface area contributed by atoms with Gasteiger partial charge < -0.3 is 4.90 Å². The van der Waals surface area contributed by atoms with E-state index >= 15 is 0 Å². The quantitative estimate of drug-likeness (QED) is 0.841. The minimum atomic E-state index is -0.389. The van der Waals surface area contributed by atoms with Crippen LogP contribution in [0.25, 0.3) is 0 Å². The number of halogens is 1. The number of benzene rings is 1. The second-order valence-corrected chi connectivity index (χ2v) is 5.10. The van der Waals surface area contributed by atoms with Crippen LogP contribution in [0.1, 0.15) is 21.7 Å². The van der Waals surface area contributed by atoms with Crippen LogP contribution in [-0.4, -0.2) is 38.7 Å². The Kier molecular flexibility index (Phi) is 3.32. The van der Waals surface area contributed by atoms with Gasteiger partial charge in [0.25, 0.3) is 5.91 Å². The standard InChI is InChI=1S/C14H15FN4O2/c1-9-2-3-10(8-11(9)15)13(20)18-5-4-12-16-17-14(21)19(12)7-6-18/h2-3,8H,4-7H2,1H3,(H,17,21). The van der Waals surface area contributed by atoms with Crippen molar-refractivity contribution >= 4 is 5.91 Å². The number of nitrogens with one attached hydrogen (secondary N) is 1. The minimum Gasteiger partial charge on any atom is -0.336 e. The molecule has 1 N–H and O–H groups in total. The lowest BCUT2D eigenvalue weighted by atomic mass is 10.1. The Morgan fingerprint density at radius 2 is 2.14 bits per heavy atom. The highest BCUT2D eigenvalue weighted by molar-refractivity contribution is 5.94. The predicted octanol–water partition coefficient (Wildman–Crippen LogP) is 0.717. The van der Waals surface area contributed by atoms with Crippen LogP contribution >= 0.6 is 0 Å². The van der Waals surface area contributed by atoms with Gasteiger partial charge in [-0.05, 0) is 24.6 Å². The van der Waals surface area contributed by atoms with E-state index in [9.17, 15) is 14.0 Å². The van der Waals surface area contributed by atoms with Crippen molar-refractivity contribution in [1.82, 2.24) is 19.7 Å². The van der Waals surface area contributed by atoms with Crippen molar-refractivity contribution in [2.45, 2.75) is 19.9 Å². The molecule has 1 aromatic heterocycles. The van der Waals surface area contributed by atoms with Gasteiger partial charge in [-0.3, -0.25) is 9.36 Å². The number of amides is 1. The van der Waals surface area contributed by atoms with E-state index in [0.29, 0.717) is 43.0 Å². The van der Waals surface area contributed by atoms with Crippen LogP contribution in [0.15, 0.2) is 23.0 Å². The Hall–Kier alpha value is -2.44. The molecule has 110 valence electrons. The van der Waals surface area contributed by atoms with Gasteiger partial charge in [-0.25, -0.2) is 14.3 Å². The maximum absolute atomic E-state index is 13.6. The van der Waals surface area contributed by atoms with E-state index in [1.807, 2.05) is 0 Å². The third-order valence-electron chi connectivity index (χ3n) is 3.74. The second-order valence-electron chi connectivity index (χ2n) is 5.10. The Bertz CT molecular complexity index is 750. The molecule has 1 aromatic carbocycles. The van der Waals surface area contributed by atoms with Crippen LogP contribution in [0, 0.1) is 12.7 Å². The van der Waals surface area contributed by atoms with Crippen molar-refractivity contribution in [3.05, 3.63) is 51.5 Å². The van der Waals surface area contributed by atoms with Gasteiger partial charge in [0, 0.05) is 31.6 Å². The molecule has 3 rings (SSSR count). The lowest BCUT2D eigenvalue weighted by Crippen LogP contribution is -2.34. The number of carbonyl (C=O) groups excluding carboxylic acids is 1. The summed E-state index contributed by atoms with van der Waals surface area (Å²) in [6.45, 7) is 2.91. The first kappa shape index (κ1) is 13.5. The van der Waals surface area contributed by atoms with Gasteiger partial charge in [0.15, 0.2) is 0 Å². The third kappa shape index (κ3) is 2.46. The first-order valence-electron chi connectivity index (χ1n) is 6.76. The Morgan fingerprint density at radius 1 is 1.33 bits per heavy atom. The third-order valence-corrected chi connectivity index (χ3v) is 3.74. The van der Waals surface area contributed by atoms with E-state index < -0.39 is 0 Å². The minimum absolute atomic E-state index is 0.226. The maximum Gasteiger partial charge on any atom is 0.343 e. The SMILES string of the molecule is Cc1ccc(C(=O)N2CCc3n[nH]c(=O)n3CC2)cc1F. The molecule has 0 bridgehead atoms. The molecule has 0 radical (unpaired) electrons. The molecule has 2 heterocycles. The number of nitrogens with zero attached hydrogens (tertiary/aromatic N) is 3.